The van der Waals surface area contributed by atoms with E-state index in [1.807, 2.05) is 0 Å². The summed E-state index contributed by atoms with van der Waals surface area (Å²) in [5.74, 6) is 3.86. The van der Waals surface area contributed by atoms with E-state index >= 15 is 0 Å². The predicted molar refractivity (Wildman–Crippen MR) is 45.9 cm³/mol. The van der Waals surface area contributed by atoms with Crippen molar-refractivity contribution in [1.29, 1.82) is 0 Å². The first kappa shape index (κ1) is 8.10. The molecule has 0 heterocycles. The Bertz CT molecular complexity index is 94.6. The van der Waals surface area contributed by atoms with Gasteiger partial charge in [0, 0.05) is 0 Å². The second kappa shape index (κ2) is 2.94. The fraction of sp³-hybridized carbons (Fsp3) is 1.00. The second-order valence-corrected chi connectivity index (χ2v) is 4.35. The van der Waals surface area contributed by atoms with Crippen LogP contribution in [0.3, 0.4) is 0 Å². The van der Waals surface area contributed by atoms with Crippen LogP contribution in [0.1, 0.15) is 40.5 Å². The molecule has 0 spiro atoms. The molecule has 0 aliphatic heterocycles. The van der Waals surface area contributed by atoms with Gasteiger partial charge in [0.1, 0.15) is 0 Å². The maximum Gasteiger partial charge on any atom is -0.0340 e. The van der Waals surface area contributed by atoms with Crippen LogP contribution in [-0.2, 0) is 0 Å². The van der Waals surface area contributed by atoms with Crippen LogP contribution in [0.4, 0.5) is 0 Å². The number of hydrogen-bond acceptors (Lipinski definition) is 0. The molecule has 1 rings (SSSR count). The van der Waals surface area contributed by atoms with Gasteiger partial charge in [0.15, 0.2) is 0 Å². The first-order valence-corrected chi connectivity index (χ1v) is 4.63. The van der Waals surface area contributed by atoms with Crippen LogP contribution >= 0.6 is 0 Å². The monoisotopic (exact) mass is 140 g/mol. The summed E-state index contributed by atoms with van der Waals surface area (Å²) in [6, 6.07) is 0. The SMILES string of the molecule is CC(C)C1[C@H](C)CC[C@@H]1C. The molecule has 0 N–H and O–H groups in total. The Balaban J connectivity index is 2.54. The largest absolute Gasteiger partial charge is 0.0625 e. The summed E-state index contributed by atoms with van der Waals surface area (Å²) in [6.07, 6.45) is 2.92. The highest BCUT2D eigenvalue weighted by molar-refractivity contribution is 4.81. The molecule has 0 aromatic rings. The van der Waals surface area contributed by atoms with Gasteiger partial charge in [-0.3, -0.25) is 0 Å². The van der Waals surface area contributed by atoms with E-state index in [-0.39, 0.29) is 0 Å². The minimum Gasteiger partial charge on any atom is -0.0625 e. The van der Waals surface area contributed by atoms with Gasteiger partial charge in [0.05, 0.1) is 0 Å². The Morgan fingerprint density at radius 1 is 1.00 bits per heavy atom. The quantitative estimate of drug-likeness (QED) is 0.524. The zero-order valence-corrected chi connectivity index (χ0v) is 7.72. The molecule has 0 radical (unpaired) electrons. The van der Waals surface area contributed by atoms with Gasteiger partial charge in [-0.1, -0.05) is 40.5 Å². The maximum absolute atomic E-state index is 2.41. The summed E-state index contributed by atoms with van der Waals surface area (Å²) >= 11 is 0. The van der Waals surface area contributed by atoms with Crippen molar-refractivity contribution in [3.63, 3.8) is 0 Å². The number of rotatable bonds is 1. The lowest BCUT2D eigenvalue weighted by Gasteiger charge is -2.23. The molecule has 1 fully saturated rings. The summed E-state index contributed by atoms with van der Waals surface area (Å²) < 4.78 is 0. The highest BCUT2D eigenvalue weighted by Gasteiger charge is 2.31. The average Bonchev–Trinajstić information content (AvgIpc) is 2.11. The van der Waals surface area contributed by atoms with Crippen LogP contribution in [-0.4, -0.2) is 0 Å². The molecule has 1 aliphatic carbocycles. The molecule has 3 atom stereocenters. The fourth-order valence-electron chi connectivity index (χ4n) is 2.79. The Kier molecular flexibility index (Phi) is 2.38. The Labute approximate surface area is 65.0 Å². The van der Waals surface area contributed by atoms with Crippen LogP contribution in [0, 0.1) is 23.7 Å². The van der Waals surface area contributed by atoms with E-state index in [2.05, 4.69) is 27.7 Å². The molecule has 60 valence electrons. The zero-order valence-electron chi connectivity index (χ0n) is 7.72. The van der Waals surface area contributed by atoms with Crippen molar-refractivity contribution in [3.05, 3.63) is 0 Å². The third-order valence-electron chi connectivity index (χ3n) is 3.16. The van der Waals surface area contributed by atoms with E-state index < -0.39 is 0 Å². The smallest absolute Gasteiger partial charge is 0.0340 e. The lowest BCUT2D eigenvalue weighted by Crippen LogP contribution is -2.16. The minimum absolute atomic E-state index is 0.896. The van der Waals surface area contributed by atoms with Crippen molar-refractivity contribution in [2.45, 2.75) is 40.5 Å². The second-order valence-electron chi connectivity index (χ2n) is 4.35. The molecule has 1 aliphatic rings. The molecule has 0 saturated heterocycles. The van der Waals surface area contributed by atoms with Gasteiger partial charge in [-0.05, 0) is 23.7 Å². The van der Waals surface area contributed by atoms with Crippen molar-refractivity contribution in [1.82, 2.24) is 0 Å². The minimum atomic E-state index is 0.896. The van der Waals surface area contributed by atoms with E-state index in [1.165, 1.54) is 12.8 Å². The van der Waals surface area contributed by atoms with Crippen LogP contribution in [0.2, 0.25) is 0 Å². The fourth-order valence-corrected chi connectivity index (χ4v) is 2.79. The average molecular weight is 140 g/mol. The van der Waals surface area contributed by atoms with Crippen LogP contribution < -0.4 is 0 Å². The lowest BCUT2D eigenvalue weighted by molar-refractivity contribution is 0.256. The molecule has 1 unspecified atom stereocenters. The Hall–Kier alpha value is 0. The molecular formula is C10H20. The summed E-state index contributed by atoms with van der Waals surface area (Å²) in [4.78, 5) is 0. The van der Waals surface area contributed by atoms with E-state index in [4.69, 9.17) is 0 Å². The molecule has 0 heteroatoms. The zero-order chi connectivity index (χ0) is 7.72. The molecule has 1 saturated carbocycles. The molecule has 0 aromatic carbocycles. The van der Waals surface area contributed by atoms with Gasteiger partial charge < -0.3 is 0 Å². The molecular weight excluding hydrogens is 120 g/mol. The molecule has 0 nitrogen and oxygen atoms in total. The van der Waals surface area contributed by atoms with Gasteiger partial charge in [0.25, 0.3) is 0 Å². The van der Waals surface area contributed by atoms with Crippen LogP contribution in [0.5, 0.6) is 0 Å². The standard InChI is InChI=1S/C10H20/c1-7(2)10-8(3)5-6-9(10)4/h7-10H,5-6H2,1-4H3/t8-,9+,10?. The summed E-state index contributed by atoms with van der Waals surface area (Å²) in [7, 11) is 0. The van der Waals surface area contributed by atoms with E-state index in [1.54, 1.807) is 0 Å². The Morgan fingerprint density at radius 3 is 1.60 bits per heavy atom. The van der Waals surface area contributed by atoms with E-state index in [0.29, 0.717) is 0 Å². The van der Waals surface area contributed by atoms with Gasteiger partial charge >= 0.3 is 0 Å². The van der Waals surface area contributed by atoms with E-state index in [0.717, 1.165) is 23.7 Å². The van der Waals surface area contributed by atoms with Gasteiger partial charge in [-0.15, -0.1) is 0 Å². The first-order valence-electron chi connectivity index (χ1n) is 4.63. The topological polar surface area (TPSA) is 0 Å². The normalized spacial score (nSPS) is 41.1. The molecule has 0 amide bonds. The van der Waals surface area contributed by atoms with Crippen molar-refractivity contribution >= 4 is 0 Å². The maximum atomic E-state index is 2.41. The highest BCUT2D eigenvalue weighted by atomic mass is 14.4. The molecule has 0 aromatic heterocycles. The van der Waals surface area contributed by atoms with Gasteiger partial charge in [-0.25, -0.2) is 0 Å². The molecule has 10 heavy (non-hydrogen) atoms. The predicted octanol–water partition coefficient (Wildman–Crippen LogP) is 3.32. The summed E-state index contributed by atoms with van der Waals surface area (Å²) in [5, 5.41) is 0. The van der Waals surface area contributed by atoms with Crippen molar-refractivity contribution in [3.8, 4) is 0 Å². The van der Waals surface area contributed by atoms with Crippen LogP contribution in [0.15, 0.2) is 0 Å². The third kappa shape index (κ3) is 1.36. The first-order chi connectivity index (χ1) is 4.63. The Morgan fingerprint density at radius 2 is 1.40 bits per heavy atom. The lowest BCUT2D eigenvalue weighted by atomic mass is 9.82. The third-order valence-corrected chi connectivity index (χ3v) is 3.16. The van der Waals surface area contributed by atoms with E-state index in [9.17, 15) is 0 Å². The highest BCUT2D eigenvalue weighted by Crippen LogP contribution is 2.40. The van der Waals surface area contributed by atoms with Crippen LogP contribution in [0.25, 0.3) is 0 Å². The van der Waals surface area contributed by atoms with Crippen molar-refractivity contribution in [2.75, 3.05) is 0 Å². The molecule has 0 bridgehead atoms. The van der Waals surface area contributed by atoms with Gasteiger partial charge in [-0.2, -0.15) is 0 Å². The van der Waals surface area contributed by atoms with Crippen molar-refractivity contribution < 1.29 is 0 Å². The number of hydrogen-bond donors (Lipinski definition) is 0. The van der Waals surface area contributed by atoms with Crippen molar-refractivity contribution in [2.24, 2.45) is 23.7 Å². The summed E-state index contributed by atoms with van der Waals surface area (Å²) in [6.45, 7) is 9.55. The van der Waals surface area contributed by atoms with Gasteiger partial charge in [0.2, 0.25) is 0 Å². The summed E-state index contributed by atoms with van der Waals surface area (Å²) in [5.41, 5.74) is 0.